The lowest BCUT2D eigenvalue weighted by atomic mass is 10.1. The lowest BCUT2D eigenvalue weighted by Crippen LogP contribution is -2.05. The zero-order chi connectivity index (χ0) is 17.1. The van der Waals surface area contributed by atoms with Gasteiger partial charge in [0.25, 0.3) is 0 Å². The van der Waals surface area contributed by atoms with E-state index >= 15 is 0 Å². The van der Waals surface area contributed by atoms with Gasteiger partial charge in [-0.3, -0.25) is 0 Å². The number of rotatable bonds is 5. The Balaban J connectivity index is 1.38. The van der Waals surface area contributed by atoms with E-state index in [1.54, 1.807) is 23.1 Å². The van der Waals surface area contributed by atoms with Crippen LogP contribution in [-0.4, -0.2) is 20.7 Å². The zero-order valence-corrected chi connectivity index (χ0v) is 13.3. The van der Waals surface area contributed by atoms with Gasteiger partial charge in [0.2, 0.25) is 0 Å². The molecule has 0 N–H and O–H groups in total. The van der Waals surface area contributed by atoms with E-state index < -0.39 is 0 Å². The summed E-state index contributed by atoms with van der Waals surface area (Å²) in [6.45, 7) is 0.711. The molecule has 0 aliphatic rings. The molecule has 4 rings (SSSR count). The highest BCUT2D eigenvalue weighted by Crippen LogP contribution is 2.19. The number of hydrogen-bond acceptors (Lipinski definition) is 5. The molecule has 0 aliphatic heterocycles. The quantitative estimate of drug-likeness (QED) is 0.523. The van der Waals surface area contributed by atoms with Crippen LogP contribution in [0.1, 0.15) is 21.7 Å². The Labute approximate surface area is 143 Å². The summed E-state index contributed by atoms with van der Waals surface area (Å²) in [5.74, 6) is 0.241. The molecule has 4 aromatic rings. The van der Waals surface area contributed by atoms with E-state index in [4.69, 9.17) is 9.15 Å². The van der Waals surface area contributed by atoms with Crippen molar-refractivity contribution in [3.8, 4) is 0 Å². The summed E-state index contributed by atoms with van der Waals surface area (Å²) in [6.07, 6.45) is 3.14. The van der Waals surface area contributed by atoms with Crippen molar-refractivity contribution in [2.75, 3.05) is 0 Å². The topological polar surface area (TPSA) is 70.2 Å². The highest BCUT2D eigenvalue weighted by atomic mass is 16.5. The molecule has 0 aliphatic carbocycles. The molecular weight excluding hydrogens is 318 g/mol. The monoisotopic (exact) mass is 333 g/mol. The van der Waals surface area contributed by atoms with Gasteiger partial charge in [0, 0.05) is 5.39 Å². The van der Waals surface area contributed by atoms with Crippen molar-refractivity contribution in [2.24, 2.45) is 0 Å². The maximum Gasteiger partial charge on any atom is 0.338 e. The van der Waals surface area contributed by atoms with E-state index in [-0.39, 0.29) is 12.6 Å². The Hall–Kier alpha value is -3.41. The maximum absolute atomic E-state index is 12.2. The summed E-state index contributed by atoms with van der Waals surface area (Å²) < 4.78 is 12.7. The van der Waals surface area contributed by atoms with Crippen LogP contribution in [0.25, 0.3) is 11.0 Å². The Kier molecular flexibility index (Phi) is 4.00. The van der Waals surface area contributed by atoms with Crippen molar-refractivity contribution in [1.82, 2.24) is 14.8 Å². The number of carbonyl (C=O) groups is 1. The van der Waals surface area contributed by atoms with Gasteiger partial charge in [0.05, 0.1) is 12.1 Å². The van der Waals surface area contributed by atoms with Crippen LogP contribution in [0.4, 0.5) is 0 Å². The van der Waals surface area contributed by atoms with Gasteiger partial charge < -0.3 is 9.15 Å². The number of nitrogens with zero attached hydrogens (tertiary/aromatic N) is 3. The largest absolute Gasteiger partial charge is 0.457 e. The maximum atomic E-state index is 12.2. The molecule has 0 fully saturated rings. The fourth-order valence-electron chi connectivity index (χ4n) is 2.58. The number of hydrogen-bond donors (Lipinski definition) is 0. The van der Waals surface area contributed by atoms with Gasteiger partial charge in [-0.1, -0.05) is 30.3 Å². The molecule has 0 saturated heterocycles. The summed E-state index contributed by atoms with van der Waals surface area (Å²) in [5, 5.41) is 5.05. The van der Waals surface area contributed by atoms with Gasteiger partial charge >= 0.3 is 5.97 Å². The molecule has 0 unspecified atom stereocenters. The minimum absolute atomic E-state index is 0.105. The molecule has 0 radical (unpaired) electrons. The third kappa shape index (κ3) is 3.42. The molecule has 0 bridgehead atoms. The Morgan fingerprint density at radius 2 is 1.96 bits per heavy atom. The van der Waals surface area contributed by atoms with Crippen molar-refractivity contribution in [3.05, 3.63) is 84.1 Å². The highest BCUT2D eigenvalue weighted by Gasteiger charge is 2.10. The lowest BCUT2D eigenvalue weighted by Gasteiger charge is -2.05. The molecular formula is C19H15N3O3. The van der Waals surface area contributed by atoms with Gasteiger partial charge in [0.1, 0.15) is 30.6 Å². The summed E-state index contributed by atoms with van der Waals surface area (Å²) >= 11 is 0. The number of para-hydroxylation sites is 1. The van der Waals surface area contributed by atoms with E-state index in [2.05, 4.69) is 10.1 Å². The van der Waals surface area contributed by atoms with Crippen LogP contribution >= 0.6 is 0 Å². The smallest absolute Gasteiger partial charge is 0.338 e. The minimum Gasteiger partial charge on any atom is -0.457 e. The lowest BCUT2D eigenvalue weighted by molar-refractivity contribution is 0.0447. The predicted octanol–water partition coefficient (Wildman–Crippen LogP) is 3.43. The van der Waals surface area contributed by atoms with Crippen LogP contribution in [0.5, 0.6) is 0 Å². The van der Waals surface area contributed by atoms with Crippen molar-refractivity contribution >= 4 is 16.9 Å². The number of benzene rings is 2. The van der Waals surface area contributed by atoms with Crippen LogP contribution in [0.15, 0.2) is 71.7 Å². The standard InChI is InChI=1S/C19H15N3O3/c23-19(24-11-17-9-16-3-1-2-4-18(16)25-17)15-7-5-14(6-8-15)10-22-13-20-12-21-22/h1-9,12-13H,10-11H2. The van der Waals surface area contributed by atoms with E-state index in [0.717, 1.165) is 16.5 Å². The third-order valence-electron chi connectivity index (χ3n) is 3.82. The molecule has 2 aromatic heterocycles. The molecule has 2 aromatic carbocycles. The first-order chi connectivity index (χ1) is 12.3. The first-order valence-corrected chi connectivity index (χ1v) is 7.84. The second-order valence-electron chi connectivity index (χ2n) is 5.62. The van der Waals surface area contributed by atoms with Gasteiger partial charge in [-0.15, -0.1) is 0 Å². The van der Waals surface area contributed by atoms with Gasteiger partial charge in [-0.05, 0) is 29.8 Å². The first-order valence-electron chi connectivity index (χ1n) is 7.84. The van der Waals surface area contributed by atoms with E-state index in [1.807, 2.05) is 42.5 Å². The van der Waals surface area contributed by atoms with Gasteiger partial charge in [-0.25, -0.2) is 14.5 Å². The summed E-state index contributed by atoms with van der Waals surface area (Å²) in [4.78, 5) is 16.1. The number of fused-ring (bicyclic) bond motifs is 1. The summed E-state index contributed by atoms with van der Waals surface area (Å²) in [5.41, 5.74) is 2.31. The number of aromatic nitrogens is 3. The highest BCUT2D eigenvalue weighted by molar-refractivity contribution is 5.89. The SMILES string of the molecule is O=C(OCc1cc2ccccc2o1)c1ccc(Cn2cncn2)cc1. The number of ether oxygens (including phenoxy) is 1. The zero-order valence-electron chi connectivity index (χ0n) is 13.3. The van der Waals surface area contributed by atoms with E-state index in [9.17, 15) is 4.79 Å². The van der Waals surface area contributed by atoms with Crippen LogP contribution in [0.3, 0.4) is 0 Å². The Morgan fingerprint density at radius 3 is 2.72 bits per heavy atom. The second kappa shape index (κ2) is 6.60. The van der Waals surface area contributed by atoms with Crippen LogP contribution in [0.2, 0.25) is 0 Å². The number of esters is 1. The molecule has 124 valence electrons. The minimum atomic E-state index is -0.382. The molecule has 2 heterocycles. The molecule has 0 spiro atoms. The van der Waals surface area contributed by atoms with E-state index in [1.165, 1.54) is 6.33 Å². The molecule has 6 nitrogen and oxygen atoms in total. The fourth-order valence-corrected chi connectivity index (χ4v) is 2.58. The molecule has 25 heavy (non-hydrogen) atoms. The van der Waals surface area contributed by atoms with Crippen LogP contribution < -0.4 is 0 Å². The summed E-state index contributed by atoms with van der Waals surface area (Å²) in [6, 6.07) is 16.8. The molecule has 0 atom stereocenters. The molecule has 0 saturated carbocycles. The Morgan fingerprint density at radius 1 is 1.12 bits per heavy atom. The Bertz CT molecular complexity index is 955. The van der Waals surface area contributed by atoms with Crippen molar-refractivity contribution in [1.29, 1.82) is 0 Å². The van der Waals surface area contributed by atoms with E-state index in [0.29, 0.717) is 17.9 Å². The van der Waals surface area contributed by atoms with Crippen molar-refractivity contribution < 1.29 is 13.9 Å². The van der Waals surface area contributed by atoms with Crippen LogP contribution in [0, 0.1) is 0 Å². The number of furan rings is 1. The average molecular weight is 333 g/mol. The van der Waals surface area contributed by atoms with Crippen LogP contribution in [-0.2, 0) is 17.9 Å². The van der Waals surface area contributed by atoms with Gasteiger partial charge in [0.15, 0.2) is 0 Å². The average Bonchev–Trinajstić information content (AvgIpc) is 3.29. The fraction of sp³-hybridized carbons (Fsp3) is 0.105. The van der Waals surface area contributed by atoms with Crippen molar-refractivity contribution in [2.45, 2.75) is 13.2 Å². The second-order valence-corrected chi connectivity index (χ2v) is 5.62. The number of carbonyl (C=O) groups excluding carboxylic acids is 1. The first kappa shape index (κ1) is 15.1. The van der Waals surface area contributed by atoms with Gasteiger partial charge in [-0.2, -0.15) is 5.10 Å². The normalized spacial score (nSPS) is 10.9. The molecule has 0 amide bonds. The third-order valence-corrected chi connectivity index (χ3v) is 3.82. The van der Waals surface area contributed by atoms with Crippen molar-refractivity contribution in [3.63, 3.8) is 0 Å². The molecule has 6 heteroatoms. The predicted molar refractivity (Wildman–Crippen MR) is 90.9 cm³/mol. The summed E-state index contributed by atoms with van der Waals surface area (Å²) in [7, 11) is 0.